The van der Waals surface area contributed by atoms with Crippen LogP contribution in [0.1, 0.15) is 28.8 Å². The Hall–Kier alpha value is -5.22. The fourth-order valence-corrected chi connectivity index (χ4v) is 6.71. The van der Waals surface area contributed by atoms with Crippen LogP contribution in [-0.4, -0.2) is 61.8 Å². The number of amides is 2. The summed E-state index contributed by atoms with van der Waals surface area (Å²) in [6, 6.07) is 12.9. The van der Waals surface area contributed by atoms with E-state index in [9.17, 15) is 37.7 Å². The maximum absolute atomic E-state index is 15.3. The Labute approximate surface area is 250 Å². The molecule has 0 radical (unpaired) electrons. The maximum Gasteiger partial charge on any atom is 0.340 e. The van der Waals surface area contributed by atoms with Gasteiger partial charge in [-0.15, -0.1) is 0 Å². The first-order chi connectivity index (χ1) is 20.8. The average molecular weight is 629 g/mol. The van der Waals surface area contributed by atoms with Gasteiger partial charge in [0.2, 0.25) is 10.0 Å². The highest BCUT2D eigenvalue weighted by atomic mass is 32.2. The Balaban J connectivity index is 1.70. The van der Waals surface area contributed by atoms with Gasteiger partial charge in [-0.05, 0) is 49.2 Å². The van der Waals surface area contributed by atoms with Crippen LogP contribution in [0.2, 0.25) is 0 Å². The summed E-state index contributed by atoms with van der Waals surface area (Å²) in [6.07, 6.45) is -0.232. The number of anilines is 1. The average Bonchev–Trinajstić information content (AvgIpc) is 3.47. The van der Waals surface area contributed by atoms with Crippen molar-refractivity contribution < 1.29 is 46.4 Å². The van der Waals surface area contributed by atoms with E-state index in [1.807, 2.05) is 0 Å². The molecule has 1 saturated heterocycles. The van der Waals surface area contributed by atoms with Gasteiger partial charge in [-0.1, -0.05) is 24.3 Å². The van der Waals surface area contributed by atoms with Crippen LogP contribution in [0.4, 0.5) is 20.6 Å². The molecule has 0 spiro atoms. The molecule has 1 heterocycles. The van der Waals surface area contributed by atoms with E-state index in [1.54, 1.807) is 0 Å². The molecule has 2 N–H and O–H groups in total. The molecular weight excluding hydrogens is 603 g/mol. The lowest BCUT2D eigenvalue weighted by atomic mass is 9.88. The molecule has 3 aromatic rings. The molecule has 1 unspecified atom stereocenters. The van der Waals surface area contributed by atoms with Gasteiger partial charge in [0.25, 0.3) is 5.69 Å². The van der Waals surface area contributed by atoms with E-state index >= 15 is 4.39 Å². The number of rotatable bonds is 9. The van der Waals surface area contributed by atoms with Crippen molar-refractivity contribution in [2.24, 2.45) is 5.73 Å². The van der Waals surface area contributed by atoms with Crippen LogP contribution in [-0.2, 0) is 34.6 Å². The normalized spacial score (nSPS) is 16.6. The number of sulfonamides is 1. The molecule has 1 aliphatic heterocycles. The number of halogens is 1. The van der Waals surface area contributed by atoms with Gasteiger partial charge in [-0.25, -0.2) is 32.0 Å². The predicted octanol–water partition coefficient (Wildman–Crippen LogP) is 2.86. The van der Waals surface area contributed by atoms with Crippen LogP contribution in [0.5, 0.6) is 0 Å². The molecule has 1 atom stereocenters. The van der Waals surface area contributed by atoms with Gasteiger partial charge in [0.1, 0.15) is 12.4 Å². The number of non-ortho nitro benzene ring substituents is 1. The van der Waals surface area contributed by atoms with E-state index in [-0.39, 0.29) is 36.3 Å². The summed E-state index contributed by atoms with van der Waals surface area (Å²) < 4.78 is 53.3. The molecule has 14 nitrogen and oxygen atoms in total. The summed E-state index contributed by atoms with van der Waals surface area (Å²) in [4.78, 5) is 61.7. The third-order valence-electron chi connectivity index (χ3n) is 6.96. The lowest BCUT2D eigenvalue weighted by Gasteiger charge is -2.35. The number of carbonyl (C=O) groups excluding carboxylic acids is 4. The molecular formula is C28H25FN4O10S. The standard InChI is InChI=1S/C28H25FN4O10S/c1-42-25(35)18-6-4-7-20(16-18)31(27(30)37)17-24(34)43-26(36)28(22-8-2-3-9-23(22)29)14-5-15-32(28)44(40,41)21-12-10-19(11-13-21)33(38)39/h2-4,6-13,16H,5,14-15,17H2,1H3,(H2,30,37). The van der Waals surface area contributed by atoms with Crippen molar-refractivity contribution in [1.29, 1.82) is 0 Å². The minimum Gasteiger partial charge on any atom is -0.465 e. The van der Waals surface area contributed by atoms with Gasteiger partial charge in [-0.3, -0.25) is 15.0 Å². The highest BCUT2D eigenvalue weighted by Gasteiger charge is 2.57. The minimum atomic E-state index is -4.63. The van der Waals surface area contributed by atoms with Crippen molar-refractivity contribution in [2.75, 3.05) is 25.1 Å². The van der Waals surface area contributed by atoms with Gasteiger partial charge in [0, 0.05) is 29.9 Å². The zero-order chi connectivity index (χ0) is 32.2. The third kappa shape index (κ3) is 5.97. The van der Waals surface area contributed by atoms with Gasteiger partial charge < -0.3 is 15.2 Å². The highest BCUT2D eigenvalue weighted by Crippen LogP contribution is 2.44. The molecule has 1 aliphatic rings. The van der Waals surface area contributed by atoms with Crippen LogP contribution in [0, 0.1) is 15.9 Å². The Kier molecular flexibility index (Phi) is 9.05. The Morgan fingerprint density at radius 1 is 1.07 bits per heavy atom. The first-order valence-electron chi connectivity index (χ1n) is 12.9. The fraction of sp³-hybridized carbons (Fsp3) is 0.214. The van der Waals surface area contributed by atoms with E-state index in [1.165, 1.54) is 42.5 Å². The molecule has 4 rings (SSSR count). The highest BCUT2D eigenvalue weighted by molar-refractivity contribution is 7.89. The molecule has 16 heteroatoms. The number of esters is 3. The number of urea groups is 1. The van der Waals surface area contributed by atoms with E-state index in [4.69, 9.17) is 10.5 Å². The van der Waals surface area contributed by atoms with E-state index in [0.29, 0.717) is 9.21 Å². The predicted molar refractivity (Wildman–Crippen MR) is 150 cm³/mol. The second-order valence-electron chi connectivity index (χ2n) is 9.50. The molecule has 3 aromatic carbocycles. The minimum absolute atomic E-state index is 0.0168. The summed E-state index contributed by atoms with van der Waals surface area (Å²) in [5.41, 5.74) is 2.32. The molecule has 0 saturated carbocycles. The van der Waals surface area contributed by atoms with E-state index in [2.05, 4.69) is 4.74 Å². The van der Waals surface area contributed by atoms with Crippen molar-refractivity contribution in [3.63, 3.8) is 0 Å². The van der Waals surface area contributed by atoms with Crippen LogP contribution in [0.25, 0.3) is 0 Å². The van der Waals surface area contributed by atoms with Crippen LogP contribution in [0.15, 0.2) is 77.7 Å². The number of nitro groups is 1. The molecule has 1 fully saturated rings. The zero-order valence-electron chi connectivity index (χ0n) is 23.0. The monoisotopic (exact) mass is 628 g/mol. The van der Waals surface area contributed by atoms with Crippen molar-refractivity contribution in [3.8, 4) is 0 Å². The Morgan fingerprint density at radius 3 is 2.36 bits per heavy atom. The molecule has 0 aliphatic carbocycles. The molecule has 44 heavy (non-hydrogen) atoms. The van der Waals surface area contributed by atoms with E-state index in [0.717, 1.165) is 37.4 Å². The van der Waals surface area contributed by atoms with Crippen molar-refractivity contribution in [1.82, 2.24) is 4.31 Å². The smallest absolute Gasteiger partial charge is 0.340 e. The van der Waals surface area contributed by atoms with Crippen LogP contribution in [0.3, 0.4) is 0 Å². The number of carbonyl (C=O) groups is 4. The topological polar surface area (TPSA) is 197 Å². The number of nitrogens with zero attached hydrogens (tertiary/aromatic N) is 3. The molecule has 2 amide bonds. The van der Waals surface area contributed by atoms with E-state index < -0.39 is 67.2 Å². The first-order valence-corrected chi connectivity index (χ1v) is 14.3. The number of methoxy groups -OCH3 is 1. The molecule has 0 aromatic heterocycles. The van der Waals surface area contributed by atoms with Crippen molar-refractivity contribution in [2.45, 2.75) is 23.3 Å². The Morgan fingerprint density at radius 2 is 1.75 bits per heavy atom. The summed E-state index contributed by atoms with van der Waals surface area (Å²) in [7, 11) is -3.48. The van der Waals surface area contributed by atoms with Crippen molar-refractivity contribution in [3.05, 3.63) is 99.9 Å². The van der Waals surface area contributed by atoms with Gasteiger partial charge >= 0.3 is 23.9 Å². The summed E-state index contributed by atoms with van der Waals surface area (Å²) in [5, 5.41) is 11.1. The van der Waals surface area contributed by atoms with Crippen LogP contribution < -0.4 is 10.6 Å². The Bertz CT molecular complexity index is 1750. The zero-order valence-corrected chi connectivity index (χ0v) is 23.9. The SMILES string of the molecule is COC(=O)c1cccc(N(CC(=O)OC(=O)C2(c3ccccc3F)CCCN2S(=O)(=O)c2ccc([N+](=O)[O-])cc2)C(N)=O)c1. The third-order valence-corrected chi connectivity index (χ3v) is 8.90. The summed E-state index contributed by atoms with van der Waals surface area (Å²) in [6.45, 7) is -1.22. The summed E-state index contributed by atoms with van der Waals surface area (Å²) in [5.74, 6) is -4.48. The number of hydrogen-bond acceptors (Lipinski definition) is 10. The van der Waals surface area contributed by atoms with Gasteiger partial charge in [0.05, 0.1) is 22.5 Å². The van der Waals surface area contributed by atoms with Crippen molar-refractivity contribution >= 4 is 45.3 Å². The first kappa shape index (κ1) is 31.7. The number of nitrogens with two attached hydrogens (primary N) is 1. The second-order valence-corrected chi connectivity index (χ2v) is 11.4. The molecule has 230 valence electrons. The maximum atomic E-state index is 15.3. The fourth-order valence-electron chi connectivity index (χ4n) is 4.93. The number of primary amides is 1. The number of benzene rings is 3. The van der Waals surface area contributed by atoms with Gasteiger partial charge in [0.15, 0.2) is 5.54 Å². The lowest BCUT2D eigenvalue weighted by Crippen LogP contribution is -2.53. The number of hydrogen-bond donors (Lipinski definition) is 1. The largest absolute Gasteiger partial charge is 0.465 e. The summed E-state index contributed by atoms with van der Waals surface area (Å²) >= 11 is 0. The number of ether oxygens (including phenoxy) is 2. The second kappa shape index (κ2) is 12.6. The molecule has 0 bridgehead atoms. The van der Waals surface area contributed by atoms with Gasteiger partial charge in [-0.2, -0.15) is 4.31 Å². The van der Waals surface area contributed by atoms with Crippen LogP contribution >= 0.6 is 0 Å². The number of nitro benzene ring substituents is 1. The quantitative estimate of drug-likeness (QED) is 0.159. The lowest BCUT2D eigenvalue weighted by molar-refractivity contribution is -0.384.